The van der Waals surface area contributed by atoms with Crippen molar-refractivity contribution in [2.24, 2.45) is 0 Å². The Hall–Kier alpha value is -3.27. The highest BCUT2D eigenvalue weighted by Crippen LogP contribution is 2.25. The molecule has 0 unspecified atom stereocenters. The van der Waals surface area contributed by atoms with Gasteiger partial charge in [0, 0.05) is 25.5 Å². The van der Waals surface area contributed by atoms with E-state index in [1.165, 1.54) is 0 Å². The molecule has 1 saturated heterocycles. The van der Waals surface area contributed by atoms with E-state index < -0.39 is 0 Å². The second kappa shape index (κ2) is 8.90. The second-order valence-electron chi connectivity index (χ2n) is 6.47. The highest BCUT2D eigenvalue weighted by Gasteiger charge is 2.22. The Morgan fingerprint density at radius 1 is 1.26 bits per heavy atom. The SMILES string of the molecule is N#Cc1c(N)cccc1OC[C@H](NC(=O)N1CCCCC1)c1ccncc1. The van der Waals surface area contributed by atoms with Crippen molar-refractivity contribution in [1.29, 1.82) is 5.26 Å². The molecule has 0 radical (unpaired) electrons. The quantitative estimate of drug-likeness (QED) is 0.793. The van der Waals surface area contributed by atoms with Crippen molar-refractivity contribution in [2.75, 3.05) is 25.4 Å². The number of likely N-dealkylation sites (tertiary alicyclic amines) is 1. The summed E-state index contributed by atoms with van der Waals surface area (Å²) in [6.45, 7) is 1.72. The van der Waals surface area contributed by atoms with Crippen LogP contribution < -0.4 is 15.8 Å². The molecule has 140 valence electrons. The van der Waals surface area contributed by atoms with Gasteiger partial charge in [-0.1, -0.05) is 6.07 Å². The zero-order valence-electron chi connectivity index (χ0n) is 15.1. The van der Waals surface area contributed by atoms with Crippen molar-refractivity contribution in [3.8, 4) is 11.8 Å². The third kappa shape index (κ3) is 4.67. The van der Waals surface area contributed by atoms with Gasteiger partial charge in [-0.05, 0) is 49.1 Å². The number of carbonyl (C=O) groups excluding carboxylic acids is 1. The number of anilines is 1. The normalized spacial score (nSPS) is 14.9. The van der Waals surface area contributed by atoms with Gasteiger partial charge in [-0.3, -0.25) is 4.98 Å². The molecule has 0 bridgehead atoms. The summed E-state index contributed by atoms with van der Waals surface area (Å²) in [5.41, 5.74) is 7.40. The van der Waals surface area contributed by atoms with Gasteiger partial charge in [0.25, 0.3) is 0 Å². The van der Waals surface area contributed by atoms with Crippen molar-refractivity contribution < 1.29 is 9.53 Å². The zero-order valence-corrected chi connectivity index (χ0v) is 15.1. The van der Waals surface area contributed by atoms with Gasteiger partial charge in [-0.2, -0.15) is 5.26 Å². The van der Waals surface area contributed by atoms with Crippen molar-refractivity contribution in [2.45, 2.75) is 25.3 Å². The molecule has 7 nitrogen and oxygen atoms in total. The maximum atomic E-state index is 12.6. The molecule has 1 atom stereocenters. The number of amides is 2. The number of ether oxygens (including phenoxy) is 1. The number of pyridine rings is 1. The first-order valence-corrected chi connectivity index (χ1v) is 9.06. The van der Waals surface area contributed by atoms with Crippen LogP contribution in [-0.2, 0) is 0 Å². The summed E-state index contributed by atoms with van der Waals surface area (Å²) in [6.07, 6.45) is 6.57. The minimum absolute atomic E-state index is 0.104. The minimum atomic E-state index is -0.365. The number of rotatable bonds is 5. The summed E-state index contributed by atoms with van der Waals surface area (Å²) in [5, 5.41) is 12.3. The van der Waals surface area contributed by atoms with Gasteiger partial charge >= 0.3 is 6.03 Å². The first-order chi connectivity index (χ1) is 13.2. The Morgan fingerprint density at radius 3 is 2.70 bits per heavy atom. The fourth-order valence-electron chi connectivity index (χ4n) is 3.12. The van der Waals surface area contributed by atoms with E-state index in [9.17, 15) is 10.1 Å². The summed E-state index contributed by atoms with van der Waals surface area (Å²) in [7, 11) is 0. The molecule has 3 rings (SSSR count). The number of benzene rings is 1. The first kappa shape index (κ1) is 18.5. The number of urea groups is 1. The maximum Gasteiger partial charge on any atom is 0.317 e. The topological polar surface area (TPSA) is 104 Å². The van der Waals surface area contributed by atoms with Crippen LogP contribution in [0.15, 0.2) is 42.7 Å². The van der Waals surface area contributed by atoms with Crippen LogP contribution in [0.25, 0.3) is 0 Å². The lowest BCUT2D eigenvalue weighted by Gasteiger charge is -2.29. The molecular formula is C20H23N5O2. The van der Waals surface area contributed by atoms with E-state index >= 15 is 0 Å². The Balaban J connectivity index is 1.74. The van der Waals surface area contributed by atoms with Crippen LogP contribution in [0.1, 0.15) is 36.4 Å². The molecule has 1 aromatic heterocycles. The van der Waals surface area contributed by atoms with Crippen molar-refractivity contribution in [3.63, 3.8) is 0 Å². The van der Waals surface area contributed by atoms with Crippen LogP contribution in [0.5, 0.6) is 5.75 Å². The predicted molar refractivity (Wildman–Crippen MR) is 102 cm³/mol. The third-order valence-corrected chi connectivity index (χ3v) is 4.63. The fourth-order valence-corrected chi connectivity index (χ4v) is 3.12. The highest BCUT2D eigenvalue weighted by molar-refractivity contribution is 5.74. The van der Waals surface area contributed by atoms with Crippen LogP contribution >= 0.6 is 0 Å². The van der Waals surface area contributed by atoms with Gasteiger partial charge < -0.3 is 20.7 Å². The average molecular weight is 365 g/mol. The Bertz CT molecular complexity index is 813. The van der Waals surface area contributed by atoms with Crippen LogP contribution in [0.4, 0.5) is 10.5 Å². The summed E-state index contributed by atoms with van der Waals surface area (Å²) >= 11 is 0. The van der Waals surface area contributed by atoms with E-state index in [2.05, 4.69) is 16.4 Å². The van der Waals surface area contributed by atoms with E-state index in [1.54, 1.807) is 30.6 Å². The fraction of sp³-hybridized carbons (Fsp3) is 0.350. The molecule has 1 aromatic carbocycles. The Morgan fingerprint density at radius 2 is 2.00 bits per heavy atom. The lowest BCUT2D eigenvalue weighted by atomic mass is 10.1. The highest BCUT2D eigenvalue weighted by atomic mass is 16.5. The largest absolute Gasteiger partial charge is 0.490 e. The zero-order chi connectivity index (χ0) is 19.1. The molecule has 1 aliphatic rings. The number of nitriles is 1. The number of hydrogen-bond acceptors (Lipinski definition) is 5. The lowest BCUT2D eigenvalue weighted by Crippen LogP contribution is -2.45. The van der Waals surface area contributed by atoms with Crippen LogP contribution in [0.3, 0.4) is 0 Å². The van der Waals surface area contributed by atoms with Crippen molar-refractivity contribution in [1.82, 2.24) is 15.2 Å². The maximum absolute atomic E-state index is 12.6. The number of aromatic nitrogens is 1. The van der Waals surface area contributed by atoms with Crippen molar-refractivity contribution in [3.05, 3.63) is 53.9 Å². The number of piperidine rings is 1. The second-order valence-corrected chi connectivity index (χ2v) is 6.47. The summed E-state index contributed by atoms with van der Waals surface area (Å²) in [6, 6.07) is 10.4. The van der Waals surface area contributed by atoms with Gasteiger partial charge in [0.05, 0.1) is 11.7 Å². The van der Waals surface area contributed by atoms with Gasteiger partial charge in [-0.25, -0.2) is 4.79 Å². The molecule has 1 fully saturated rings. The lowest BCUT2D eigenvalue weighted by molar-refractivity contribution is 0.175. The monoisotopic (exact) mass is 365 g/mol. The number of nitrogens with two attached hydrogens (primary N) is 1. The Kier molecular flexibility index (Phi) is 6.10. The summed E-state index contributed by atoms with van der Waals surface area (Å²) in [4.78, 5) is 18.5. The van der Waals surface area contributed by atoms with Gasteiger partial charge in [0.1, 0.15) is 24.0 Å². The number of nitrogens with one attached hydrogen (secondary N) is 1. The molecule has 1 aliphatic heterocycles. The van der Waals surface area contributed by atoms with Crippen LogP contribution in [0, 0.1) is 11.3 Å². The molecule has 0 aliphatic carbocycles. The molecule has 3 N–H and O–H groups in total. The summed E-state index contributed by atoms with van der Waals surface area (Å²) < 4.78 is 5.86. The molecule has 7 heteroatoms. The van der Waals surface area contributed by atoms with Gasteiger partial charge in [-0.15, -0.1) is 0 Å². The Labute approximate surface area is 158 Å². The van der Waals surface area contributed by atoms with E-state index in [-0.39, 0.29) is 18.7 Å². The standard InChI is InChI=1S/C20H23N5O2/c21-13-16-17(22)5-4-6-19(16)27-14-18(15-7-9-23-10-8-15)24-20(26)25-11-2-1-3-12-25/h4-10,18H,1-3,11-12,14,22H2,(H,24,26)/t18-/m0/s1. The number of nitrogens with zero attached hydrogens (tertiary/aromatic N) is 3. The van der Waals surface area contributed by atoms with E-state index in [0.29, 0.717) is 17.0 Å². The minimum Gasteiger partial charge on any atom is -0.490 e. The van der Waals surface area contributed by atoms with Crippen molar-refractivity contribution >= 4 is 11.7 Å². The number of carbonyl (C=O) groups is 1. The number of hydrogen-bond donors (Lipinski definition) is 2. The first-order valence-electron chi connectivity index (χ1n) is 9.06. The number of nitrogen functional groups attached to an aromatic ring is 1. The molecule has 27 heavy (non-hydrogen) atoms. The van der Waals surface area contributed by atoms with Crippen LogP contribution in [-0.4, -0.2) is 35.6 Å². The molecule has 0 saturated carbocycles. The van der Waals surface area contributed by atoms with E-state index in [4.69, 9.17) is 10.5 Å². The van der Waals surface area contributed by atoms with Gasteiger partial charge in [0.2, 0.25) is 0 Å². The smallest absolute Gasteiger partial charge is 0.317 e. The predicted octanol–water partition coefficient (Wildman–Crippen LogP) is 2.85. The van der Waals surface area contributed by atoms with Gasteiger partial charge in [0.15, 0.2) is 0 Å². The third-order valence-electron chi connectivity index (χ3n) is 4.63. The van der Waals surface area contributed by atoms with E-state index in [1.807, 2.05) is 17.0 Å². The molecule has 0 spiro atoms. The molecular weight excluding hydrogens is 342 g/mol. The molecule has 2 aromatic rings. The van der Waals surface area contributed by atoms with E-state index in [0.717, 1.165) is 37.9 Å². The molecule has 2 amide bonds. The van der Waals surface area contributed by atoms with Crippen LogP contribution in [0.2, 0.25) is 0 Å². The summed E-state index contributed by atoms with van der Waals surface area (Å²) in [5.74, 6) is 0.406. The average Bonchev–Trinajstić information content (AvgIpc) is 2.72. The molecule has 2 heterocycles.